The molecule has 0 fully saturated rings. The summed E-state index contributed by atoms with van der Waals surface area (Å²) in [6, 6.07) is 12.1. The minimum Gasteiger partial charge on any atom is -0.308 e. The molecule has 0 unspecified atom stereocenters. The van der Waals surface area contributed by atoms with Gasteiger partial charge in [-0.2, -0.15) is 4.31 Å². The minimum absolute atomic E-state index is 0. The lowest BCUT2D eigenvalue weighted by Crippen LogP contribution is -2.36. The molecule has 0 atom stereocenters. The highest BCUT2D eigenvalue weighted by Gasteiger charge is 2.25. The second kappa shape index (κ2) is 13.4. The fraction of sp³-hybridized carbons (Fsp3) is 0.280. The van der Waals surface area contributed by atoms with Gasteiger partial charge in [0.25, 0.3) is 5.91 Å². The van der Waals surface area contributed by atoms with E-state index in [-0.39, 0.29) is 36.3 Å². The fourth-order valence-corrected chi connectivity index (χ4v) is 6.28. The van der Waals surface area contributed by atoms with Gasteiger partial charge >= 0.3 is 0 Å². The molecule has 0 radical (unpaired) electrons. The Kier molecular flexibility index (Phi) is 11.1. The largest absolute Gasteiger partial charge is 0.308 e. The Morgan fingerprint density at radius 3 is 2.25 bits per heavy atom. The monoisotopic (exact) mass is 566 g/mol. The first-order valence-corrected chi connectivity index (χ1v) is 14.4. The molecular formula is C25H31ClN4O3S3. The highest BCUT2D eigenvalue weighted by Crippen LogP contribution is 2.32. The summed E-state index contributed by atoms with van der Waals surface area (Å²) in [6.07, 6.45) is 5.08. The van der Waals surface area contributed by atoms with Crippen LogP contribution in [-0.2, 0) is 10.0 Å². The van der Waals surface area contributed by atoms with Crippen molar-refractivity contribution in [2.24, 2.45) is 0 Å². The predicted octanol–water partition coefficient (Wildman–Crippen LogP) is 5.01. The zero-order valence-corrected chi connectivity index (χ0v) is 23.9. The lowest BCUT2D eigenvalue weighted by molar-refractivity contribution is 0.0985. The molecule has 0 aliphatic carbocycles. The molecule has 1 amide bonds. The van der Waals surface area contributed by atoms with Gasteiger partial charge in [-0.15, -0.1) is 37.3 Å². The Hall–Kier alpha value is -2.21. The number of hydrogen-bond donors (Lipinski definition) is 0. The predicted molar refractivity (Wildman–Crippen MR) is 154 cm³/mol. The summed E-state index contributed by atoms with van der Waals surface area (Å²) in [4.78, 5) is 23.2. The second-order valence-electron chi connectivity index (χ2n) is 8.01. The Labute approximate surface area is 228 Å². The number of thioether (sulfide) groups is 1. The third kappa shape index (κ3) is 6.96. The molecular weight excluding hydrogens is 536 g/mol. The van der Waals surface area contributed by atoms with Crippen molar-refractivity contribution in [1.82, 2.24) is 14.2 Å². The summed E-state index contributed by atoms with van der Waals surface area (Å²) in [7, 11) is 0.157. The smallest absolute Gasteiger partial charge is 0.260 e. The van der Waals surface area contributed by atoms with Crippen molar-refractivity contribution < 1.29 is 13.2 Å². The van der Waals surface area contributed by atoms with Crippen LogP contribution in [0.5, 0.6) is 0 Å². The Morgan fingerprint density at radius 1 is 1.06 bits per heavy atom. The minimum atomic E-state index is -3.74. The third-order valence-electron chi connectivity index (χ3n) is 5.24. The maximum Gasteiger partial charge on any atom is 0.260 e. The number of rotatable bonds is 12. The number of anilines is 1. The summed E-state index contributed by atoms with van der Waals surface area (Å²) in [5, 5.41) is 0.616. The maximum absolute atomic E-state index is 13.5. The van der Waals surface area contributed by atoms with Crippen molar-refractivity contribution in [3.63, 3.8) is 0 Å². The van der Waals surface area contributed by atoms with E-state index < -0.39 is 10.0 Å². The van der Waals surface area contributed by atoms with E-state index in [9.17, 15) is 13.2 Å². The molecule has 36 heavy (non-hydrogen) atoms. The van der Waals surface area contributed by atoms with Gasteiger partial charge < -0.3 is 4.90 Å². The number of nitrogens with zero attached hydrogens (tertiary/aromatic N) is 4. The molecule has 0 bridgehead atoms. The highest BCUT2D eigenvalue weighted by molar-refractivity contribution is 7.98. The first-order valence-electron chi connectivity index (χ1n) is 10.9. The number of hydrogen-bond acceptors (Lipinski definition) is 7. The van der Waals surface area contributed by atoms with Crippen LogP contribution in [0.1, 0.15) is 10.4 Å². The van der Waals surface area contributed by atoms with Gasteiger partial charge in [-0.1, -0.05) is 23.5 Å². The van der Waals surface area contributed by atoms with E-state index in [4.69, 9.17) is 4.98 Å². The molecule has 0 saturated carbocycles. The molecule has 0 aliphatic heterocycles. The van der Waals surface area contributed by atoms with Crippen molar-refractivity contribution in [2.45, 2.75) is 9.79 Å². The maximum atomic E-state index is 13.5. The van der Waals surface area contributed by atoms with Crippen LogP contribution in [0.4, 0.5) is 5.13 Å². The Balaban J connectivity index is 0.00000456. The van der Waals surface area contributed by atoms with E-state index in [0.29, 0.717) is 23.8 Å². The van der Waals surface area contributed by atoms with Crippen molar-refractivity contribution in [3.05, 3.63) is 73.3 Å². The SMILES string of the molecule is C=CCN(CC=C)S(=O)(=O)c1ccc(C(=O)N(CCN(C)C)c2nc3ccc(SC)cc3s2)cc1.Cl. The molecule has 11 heteroatoms. The lowest BCUT2D eigenvalue weighted by Gasteiger charge is -2.22. The zero-order valence-electron chi connectivity index (χ0n) is 20.6. The summed E-state index contributed by atoms with van der Waals surface area (Å²) in [5.41, 5.74) is 1.24. The summed E-state index contributed by atoms with van der Waals surface area (Å²) in [6.45, 7) is 8.71. The summed E-state index contributed by atoms with van der Waals surface area (Å²) < 4.78 is 28.3. The van der Waals surface area contributed by atoms with E-state index in [0.717, 1.165) is 15.1 Å². The highest BCUT2D eigenvalue weighted by atomic mass is 35.5. The first-order chi connectivity index (χ1) is 16.7. The number of fused-ring (bicyclic) bond motifs is 1. The van der Waals surface area contributed by atoms with Gasteiger partial charge in [-0.25, -0.2) is 13.4 Å². The molecule has 7 nitrogen and oxygen atoms in total. The van der Waals surface area contributed by atoms with Crippen LogP contribution >= 0.6 is 35.5 Å². The van der Waals surface area contributed by atoms with Crippen LogP contribution in [-0.4, -0.2) is 75.0 Å². The standard InChI is InChI=1S/C25H30N4O3S3.ClH/c1-6-14-28(15-7-2)35(31,32)21-11-8-19(9-12-21)24(30)29(17-16-27(3)4)25-26-22-13-10-20(33-5)18-23(22)34-25;/h6-13,18H,1-2,14-17H2,3-5H3;1H. The van der Waals surface area contributed by atoms with Gasteiger partial charge in [-0.05, 0) is 62.8 Å². The van der Waals surface area contributed by atoms with Crippen molar-refractivity contribution in [1.29, 1.82) is 0 Å². The third-order valence-corrected chi connectivity index (χ3v) is 8.85. The number of benzene rings is 2. The fourth-order valence-electron chi connectivity index (χ4n) is 3.35. The summed E-state index contributed by atoms with van der Waals surface area (Å²) >= 11 is 3.13. The number of carbonyl (C=O) groups is 1. The van der Waals surface area contributed by atoms with Crippen LogP contribution in [0.3, 0.4) is 0 Å². The second-order valence-corrected chi connectivity index (χ2v) is 11.8. The van der Waals surface area contributed by atoms with E-state index in [1.165, 1.54) is 39.9 Å². The molecule has 3 rings (SSSR count). The Morgan fingerprint density at radius 2 is 1.69 bits per heavy atom. The van der Waals surface area contributed by atoms with E-state index in [1.807, 2.05) is 37.4 Å². The lowest BCUT2D eigenvalue weighted by atomic mass is 10.2. The van der Waals surface area contributed by atoms with E-state index >= 15 is 0 Å². The molecule has 194 valence electrons. The normalized spacial score (nSPS) is 11.5. The van der Waals surface area contributed by atoms with Crippen LogP contribution in [0, 0.1) is 0 Å². The van der Waals surface area contributed by atoms with Gasteiger partial charge in [0.05, 0.1) is 15.1 Å². The Bertz CT molecular complexity index is 1300. The number of aromatic nitrogens is 1. The van der Waals surface area contributed by atoms with Crippen LogP contribution < -0.4 is 4.90 Å². The molecule has 1 heterocycles. The average Bonchev–Trinajstić information content (AvgIpc) is 3.26. The van der Waals surface area contributed by atoms with Crippen molar-refractivity contribution in [2.75, 3.05) is 51.4 Å². The number of carbonyl (C=O) groups excluding carboxylic acids is 1. The number of likely N-dealkylation sites (N-methyl/N-ethyl adjacent to an activating group) is 1. The van der Waals surface area contributed by atoms with Crippen molar-refractivity contribution in [3.8, 4) is 0 Å². The molecule has 0 spiro atoms. The van der Waals surface area contributed by atoms with Crippen LogP contribution in [0.15, 0.2) is 77.6 Å². The van der Waals surface area contributed by atoms with Crippen LogP contribution in [0.25, 0.3) is 10.2 Å². The number of amides is 1. The average molecular weight is 567 g/mol. The van der Waals surface area contributed by atoms with E-state index in [2.05, 4.69) is 19.2 Å². The first kappa shape index (κ1) is 30.0. The van der Waals surface area contributed by atoms with Gasteiger partial charge in [0.1, 0.15) is 0 Å². The number of halogens is 1. The number of sulfonamides is 1. The van der Waals surface area contributed by atoms with Crippen molar-refractivity contribution >= 4 is 66.8 Å². The zero-order chi connectivity index (χ0) is 25.6. The topological polar surface area (TPSA) is 73.8 Å². The molecule has 2 aromatic carbocycles. The molecule has 3 aromatic rings. The molecule has 0 aliphatic rings. The molecule has 0 N–H and O–H groups in total. The number of thiazole rings is 1. The molecule has 1 aromatic heterocycles. The quantitative estimate of drug-likeness (QED) is 0.227. The van der Waals surface area contributed by atoms with Gasteiger partial charge in [0.15, 0.2) is 5.13 Å². The van der Waals surface area contributed by atoms with E-state index in [1.54, 1.807) is 28.8 Å². The van der Waals surface area contributed by atoms with Crippen LogP contribution in [0.2, 0.25) is 0 Å². The van der Waals surface area contributed by atoms with Gasteiger partial charge in [0.2, 0.25) is 10.0 Å². The summed E-state index contributed by atoms with van der Waals surface area (Å²) in [5.74, 6) is -0.228. The molecule has 0 saturated heterocycles. The van der Waals surface area contributed by atoms with Gasteiger partial charge in [-0.3, -0.25) is 9.69 Å². The van der Waals surface area contributed by atoms with Gasteiger partial charge in [0, 0.05) is 36.6 Å².